The zero-order valence-electron chi connectivity index (χ0n) is 9.84. The Kier molecular flexibility index (Phi) is 3.36. The van der Waals surface area contributed by atoms with Crippen LogP contribution in [-0.4, -0.2) is 13.2 Å². The second kappa shape index (κ2) is 4.94. The molecule has 84 valence electrons. The molecular weight excluding hydrogens is 198 g/mol. The van der Waals surface area contributed by atoms with Crippen molar-refractivity contribution in [2.75, 3.05) is 7.11 Å². The molecule has 2 rings (SSSR count). The SMILES string of the molecule is CC#CN[C@@H]1CCc2ccc(OC)cc2C1. The molecule has 2 nitrogen and oxygen atoms in total. The summed E-state index contributed by atoms with van der Waals surface area (Å²) in [6.45, 7) is 1.85. The molecule has 0 unspecified atom stereocenters. The van der Waals surface area contributed by atoms with E-state index in [0.717, 1.165) is 25.0 Å². The minimum atomic E-state index is 0.479. The van der Waals surface area contributed by atoms with Gasteiger partial charge in [-0.1, -0.05) is 12.0 Å². The van der Waals surface area contributed by atoms with Gasteiger partial charge in [-0.25, -0.2) is 0 Å². The van der Waals surface area contributed by atoms with Crippen LogP contribution in [0.2, 0.25) is 0 Å². The van der Waals surface area contributed by atoms with Crippen LogP contribution in [0.3, 0.4) is 0 Å². The second-order valence-electron chi connectivity index (χ2n) is 4.09. The van der Waals surface area contributed by atoms with Gasteiger partial charge in [-0.15, -0.1) is 0 Å². The molecule has 1 aliphatic rings. The summed E-state index contributed by atoms with van der Waals surface area (Å²) in [6.07, 6.45) is 3.33. The lowest BCUT2D eigenvalue weighted by atomic mass is 9.88. The first-order chi connectivity index (χ1) is 7.83. The first kappa shape index (κ1) is 10.9. The topological polar surface area (TPSA) is 21.3 Å². The van der Waals surface area contributed by atoms with Gasteiger partial charge in [0.25, 0.3) is 0 Å². The lowest BCUT2D eigenvalue weighted by molar-refractivity contribution is 0.412. The molecule has 1 aliphatic carbocycles. The van der Waals surface area contributed by atoms with Crippen molar-refractivity contribution < 1.29 is 4.74 Å². The van der Waals surface area contributed by atoms with E-state index in [9.17, 15) is 0 Å². The fourth-order valence-electron chi connectivity index (χ4n) is 2.16. The third-order valence-electron chi connectivity index (χ3n) is 3.04. The van der Waals surface area contributed by atoms with Crippen LogP contribution < -0.4 is 10.1 Å². The Morgan fingerprint density at radius 2 is 2.25 bits per heavy atom. The third kappa shape index (κ3) is 2.30. The normalized spacial score (nSPS) is 18.0. The molecule has 0 heterocycles. The summed E-state index contributed by atoms with van der Waals surface area (Å²) in [5, 5.41) is 3.25. The Balaban J connectivity index is 2.13. The van der Waals surface area contributed by atoms with E-state index in [1.807, 2.05) is 13.0 Å². The fraction of sp³-hybridized carbons (Fsp3) is 0.429. The molecule has 0 saturated heterocycles. The number of fused-ring (bicyclic) bond motifs is 1. The van der Waals surface area contributed by atoms with E-state index in [0.29, 0.717) is 6.04 Å². The Bertz CT molecular complexity index is 428. The average molecular weight is 215 g/mol. The Morgan fingerprint density at radius 1 is 1.38 bits per heavy atom. The summed E-state index contributed by atoms with van der Waals surface area (Å²) in [7, 11) is 1.71. The van der Waals surface area contributed by atoms with E-state index >= 15 is 0 Å². The quantitative estimate of drug-likeness (QED) is 0.602. The minimum Gasteiger partial charge on any atom is -0.497 e. The maximum Gasteiger partial charge on any atom is 0.119 e. The lowest BCUT2D eigenvalue weighted by Crippen LogP contribution is -2.31. The Morgan fingerprint density at radius 3 is 3.00 bits per heavy atom. The van der Waals surface area contributed by atoms with Crippen molar-refractivity contribution in [3.8, 4) is 17.7 Å². The molecule has 0 aromatic heterocycles. The molecule has 0 saturated carbocycles. The number of rotatable bonds is 2. The van der Waals surface area contributed by atoms with Gasteiger partial charge >= 0.3 is 0 Å². The van der Waals surface area contributed by atoms with Crippen LogP contribution >= 0.6 is 0 Å². The van der Waals surface area contributed by atoms with Crippen molar-refractivity contribution in [2.45, 2.75) is 32.2 Å². The molecule has 1 aromatic carbocycles. The number of methoxy groups -OCH3 is 1. The molecule has 0 aliphatic heterocycles. The summed E-state index contributed by atoms with van der Waals surface area (Å²) < 4.78 is 5.25. The van der Waals surface area contributed by atoms with Gasteiger partial charge in [-0.05, 0) is 49.4 Å². The van der Waals surface area contributed by atoms with Crippen LogP contribution in [0.1, 0.15) is 24.5 Å². The van der Waals surface area contributed by atoms with Gasteiger partial charge in [-0.3, -0.25) is 0 Å². The van der Waals surface area contributed by atoms with Gasteiger partial charge in [0.1, 0.15) is 5.75 Å². The van der Waals surface area contributed by atoms with Gasteiger partial charge in [0, 0.05) is 12.1 Å². The zero-order chi connectivity index (χ0) is 11.4. The van der Waals surface area contributed by atoms with E-state index in [1.165, 1.54) is 11.1 Å². The first-order valence-corrected chi connectivity index (χ1v) is 5.66. The molecule has 0 spiro atoms. The molecule has 0 fully saturated rings. The van der Waals surface area contributed by atoms with Crippen LogP contribution in [0.4, 0.5) is 0 Å². The summed E-state index contributed by atoms with van der Waals surface area (Å²) in [5.74, 6) is 3.82. The number of hydrogen-bond donors (Lipinski definition) is 1. The maximum absolute atomic E-state index is 5.25. The standard InChI is InChI=1S/C14H17NO/c1-3-8-15-13-6-4-11-5-7-14(16-2)10-12(11)9-13/h5,7,10,13,15H,4,6,9H2,1-2H3/t13-/m1/s1. The summed E-state index contributed by atoms with van der Waals surface area (Å²) in [5.41, 5.74) is 2.84. The van der Waals surface area contributed by atoms with Crippen molar-refractivity contribution in [2.24, 2.45) is 0 Å². The highest BCUT2D eigenvalue weighted by Gasteiger charge is 2.17. The van der Waals surface area contributed by atoms with Crippen LogP contribution in [0, 0.1) is 12.0 Å². The monoisotopic (exact) mass is 215 g/mol. The highest BCUT2D eigenvalue weighted by molar-refractivity contribution is 5.38. The third-order valence-corrected chi connectivity index (χ3v) is 3.04. The van der Waals surface area contributed by atoms with Gasteiger partial charge in [0.05, 0.1) is 7.11 Å². The smallest absolute Gasteiger partial charge is 0.119 e. The Hall–Kier alpha value is -1.62. The fourth-order valence-corrected chi connectivity index (χ4v) is 2.16. The molecule has 0 amide bonds. The van der Waals surface area contributed by atoms with Gasteiger partial charge in [0.2, 0.25) is 0 Å². The molecule has 1 N–H and O–H groups in total. The van der Waals surface area contributed by atoms with Crippen molar-refractivity contribution in [3.63, 3.8) is 0 Å². The van der Waals surface area contributed by atoms with E-state index in [2.05, 4.69) is 29.4 Å². The van der Waals surface area contributed by atoms with E-state index in [-0.39, 0.29) is 0 Å². The number of benzene rings is 1. The van der Waals surface area contributed by atoms with E-state index < -0.39 is 0 Å². The molecular formula is C14H17NO. The van der Waals surface area contributed by atoms with Crippen LogP contribution in [0.15, 0.2) is 18.2 Å². The predicted octanol–water partition coefficient (Wildman–Crippen LogP) is 2.12. The van der Waals surface area contributed by atoms with Crippen molar-refractivity contribution >= 4 is 0 Å². The van der Waals surface area contributed by atoms with E-state index in [1.54, 1.807) is 7.11 Å². The van der Waals surface area contributed by atoms with Gasteiger partial charge in [-0.2, -0.15) is 0 Å². The molecule has 0 bridgehead atoms. The molecule has 0 radical (unpaired) electrons. The minimum absolute atomic E-state index is 0.479. The summed E-state index contributed by atoms with van der Waals surface area (Å²) >= 11 is 0. The highest BCUT2D eigenvalue weighted by atomic mass is 16.5. The van der Waals surface area contributed by atoms with E-state index in [4.69, 9.17) is 4.74 Å². The summed E-state index contributed by atoms with van der Waals surface area (Å²) in [4.78, 5) is 0. The molecule has 16 heavy (non-hydrogen) atoms. The molecule has 1 atom stereocenters. The van der Waals surface area contributed by atoms with Crippen LogP contribution in [-0.2, 0) is 12.8 Å². The maximum atomic E-state index is 5.25. The zero-order valence-corrected chi connectivity index (χ0v) is 9.84. The highest BCUT2D eigenvalue weighted by Crippen LogP contribution is 2.25. The van der Waals surface area contributed by atoms with Crippen molar-refractivity contribution in [3.05, 3.63) is 29.3 Å². The van der Waals surface area contributed by atoms with Crippen molar-refractivity contribution in [1.82, 2.24) is 5.32 Å². The number of aryl methyl sites for hydroxylation is 1. The Labute approximate surface area is 97.0 Å². The number of hydrogen-bond acceptors (Lipinski definition) is 2. The van der Waals surface area contributed by atoms with Crippen LogP contribution in [0.25, 0.3) is 0 Å². The van der Waals surface area contributed by atoms with Gasteiger partial charge in [0.15, 0.2) is 0 Å². The predicted molar refractivity (Wildman–Crippen MR) is 65.4 cm³/mol. The number of ether oxygens (including phenoxy) is 1. The second-order valence-corrected chi connectivity index (χ2v) is 4.09. The van der Waals surface area contributed by atoms with Crippen LogP contribution in [0.5, 0.6) is 5.75 Å². The number of nitrogens with one attached hydrogen (secondary N) is 1. The largest absolute Gasteiger partial charge is 0.497 e. The first-order valence-electron chi connectivity index (χ1n) is 5.66. The van der Waals surface area contributed by atoms with Gasteiger partial charge < -0.3 is 10.1 Å². The lowest BCUT2D eigenvalue weighted by Gasteiger charge is -2.24. The average Bonchev–Trinajstić information content (AvgIpc) is 2.35. The van der Waals surface area contributed by atoms with Crippen molar-refractivity contribution in [1.29, 1.82) is 0 Å². The summed E-state index contributed by atoms with van der Waals surface area (Å²) in [6, 6.07) is 9.78. The molecule has 2 heteroatoms. The molecule has 1 aromatic rings.